The monoisotopic (exact) mass is 204 g/mol. The van der Waals surface area contributed by atoms with Crippen LogP contribution < -0.4 is 0 Å². The molecule has 0 bridgehead atoms. The smallest absolute Gasteiger partial charge is 0.145 e. The van der Waals surface area contributed by atoms with Crippen LogP contribution in [0.2, 0.25) is 0 Å². The van der Waals surface area contributed by atoms with Crippen molar-refractivity contribution in [2.75, 3.05) is 0 Å². The van der Waals surface area contributed by atoms with Crippen molar-refractivity contribution >= 4 is 6.29 Å². The molecule has 15 heavy (non-hydrogen) atoms. The summed E-state index contributed by atoms with van der Waals surface area (Å²) in [6.07, 6.45) is 12.9. The molecule has 0 aliphatic rings. The van der Waals surface area contributed by atoms with E-state index in [9.17, 15) is 4.79 Å². The average Bonchev–Trinajstić information content (AvgIpc) is 2.17. The standard InChI is InChI=1S/C14H20O/c1-12(2)7-5-8-13(3)9-6-10-14(4)11-15/h5-11,13H,1-4H3/b8-5-,9-6+,14-10+. The predicted octanol–water partition coefficient (Wildman–Crippen LogP) is 3.85. The zero-order valence-electron chi connectivity index (χ0n) is 10.0. The van der Waals surface area contributed by atoms with Gasteiger partial charge in [0, 0.05) is 0 Å². The van der Waals surface area contributed by atoms with Crippen molar-refractivity contribution in [3.63, 3.8) is 0 Å². The minimum absolute atomic E-state index is 0.385. The third kappa shape index (κ3) is 8.95. The van der Waals surface area contributed by atoms with Crippen LogP contribution in [0, 0.1) is 5.92 Å². The van der Waals surface area contributed by atoms with Gasteiger partial charge >= 0.3 is 0 Å². The quantitative estimate of drug-likeness (QED) is 0.378. The molecule has 0 aliphatic carbocycles. The number of aldehydes is 1. The van der Waals surface area contributed by atoms with Crippen molar-refractivity contribution in [1.29, 1.82) is 0 Å². The molecule has 0 rings (SSSR count). The second-order valence-electron chi connectivity index (χ2n) is 3.90. The second-order valence-corrected chi connectivity index (χ2v) is 3.90. The van der Waals surface area contributed by atoms with E-state index in [1.54, 1.807) is 6.92 Å². The van der Waals surface area contributed by atoms with Crippen molar-refractivity contribution in [1.82, 2.24) is 0 Å². The van der Waals surface area contributed by atoms with Crippen LogP contribution in [0.25, 0.3) is 0 Å². The van der Waals surface area contributed by atoms with Gasteiger partial charge in [0.1, 0.15) is 6.29 Å². The topological polar surface area (TPSA) is 17.1 Å². The lowest BCUT2D eigenvalue weighted by molar-refractivity contribution is -0.104. The average molecular weight is 204 g/mol. The molecule has 0 saturated carbocycles. The second kappa shape index (κ2) is 7.98. The number of rotatable bonds is 5. The summed E-state index contributed by atoms with van der Waals surface area (Å²) in [4.78, 5) is 10.3. The minimum Gasteiger partial charge on any atom is -0.298 e. The van der Waals surface area contributed by atoms with Gasteiger partial charge in [-0.3, -0.25) is 4.79 Å². The van der Waals surface area contributed by atoms with Gasteiger partial charge in [-0.05, 0) is 32.3 Å². The molecule has 1 heteroatoms. The highest BCUT2D eigenvalue weighted by atomic mass is 16.1. The van der Waals surface area contributed by atoms with Crippen LogP contribution in [0.15, 0.2) is 47.6 Å². The van der Waals surface area contributed by atoms with E-state index in [1.165, 1.54) is 5.57 Å². The van der Waals surface area contributed by atoms with Crippen LogP contribution >= 0.6 is 0 Å². The van der Waals surface area contributed by atoms with Gasteiger partial charge in [-0.15, -0.1) is 0 Å². The number of carbonyl (C=O) groups excluding carboxylic acids is 1. The molecule has 0 saturated heterocycles. The molecule has 0 amide bonds. The minimum atomic E-state index is 0.385. The Hall–Kier alpha value is -1.37. The van der Waals surface area contributed by atoms with Crippen LogP contribution in [0.5, 0.6) is 0 Å². The van der Waals surface area contributed by atoms with E-state index in [0.717, 1.165) is 11.9 Å². The first-order valence-electron chi connectivity index (χ1n) is 5.18. The molecule has 0 heterocycles. The molecule has 0 spiro atoms. The Morgan fingerprint density at radius 1 is 1.00 bits per heavy atom. The Morgan fingerprint density at radius 2 is 1.53 bits per heavy atom. The highest BCUT2D eigenvalue weighted by molar-refractivity contribution is 5.72. The van der Waals surface area contributed by atoms with Gasteiger partial charge in [0.15, 0.2) is 0 Å². The molecule has 1 atom stereocenters. The Kier molecular flexibility index (Phi) is 7.25. The summed E-state index contributed by atoms with van der Waals surface area (Å²) < 4.78 is 0. The van der Waals surface area contributed by atoms with E-state index in [2.05, 4.69) is 45.1 Å². The summed E-state index contributed by atoms with van der Waals surface area (Å²) in [5, 5.41) is 0. The third-order valence-corrected chi connectivity index (χ3v) is 1.80. The number of allylic oxidation sites excluding steroid dienone is 8. The molecule has 0 aromatic carbocycles. The van der Waals surface area contributed by atoms with Gasteiger partial charge in [-0.25, -0.2) is 0 Å². The highest BCUT2D eigenvalue weighted by Gasteiger charge is 1.87. The maximum absolute atomic E-state index is 10.3. The molecule has 0 fully saturated rings. The first kappa shape index (κ1) is 13.6. The van der Waals surface area contributed by atoms with Crippen molar-refractivity contribution in [3.8, 4) is 0 Å². The van der Waals surface area contributed by atoms with Gasteiger partial charge in [0.05, 0.1) is 0 Å². The first-order chi connectivity index (χ1) is 7.06. The lowest BCUT2D eigenvalue weighted by Crippen LogP contribution is -1.81. The molecule has 0 radical (unpaired) electrons. The van der Waals surface area contributed by atoms with E-state index in [-0.39, 0.29) is 0 Å². The summed E-state index contributed by atoms with van der Waals surface area (Å²) in [6, 6.07) is 0. The van der Waals surface area contributed by atoms with E-state index in [4.69, 9.17) is 0 Å². The van der Waals surface area contributed by atoms with Crippen molar-refractivity contribution in [3.05, 3.63) is 47.6 Å². The van der Waals surface area contributed by atoms with Gasteiger partial charge in [0.2, 0.25) is 0 Å². The fourth-order valence-electron chi connectivity index (χ4n) is 0.909. The Morgan fingerprint density at radius 3 is 2.00 bits per heavy atom. The molecule has 1 nitrogen and oxygen atoms in total. The summed E-state index contributed by atoms with van der Waals surface area (Å²) in [6.45, 7) is 8.04. The molecule has 0 aromatic rings. The molecule has 1 unspecified atom stereocenters. The molecule has 0 N–H and O–H groups in total. The normalized spacial score (nSPS) is 14.5. The maximum atomic E-state index is 10.3. The van der Waals surface area contributed by atoms with E-state index in [1.807, 2.05) is 12.2 Å². The van der Waals surface area contributed by atoms with Crippen molar-refractivity contribution < 1.29 is 4.79 Å². The Balaban J connectivity index is 4.14. The Labute approximate surface area is 92.9 Å². The number of hydrogen-bond donors (Lipinski definition) is 0. The van der Waals surface area contributed by atoms with Crippen LogP contribution in [0.3, 0.4) is 0 Å². The zero-order chi connectivity index (χ0) is 11.7. The summed E-state index contributed by atoms with van der Waals surface area (Å²) >= 11 is 0. The highest BCUT2D eigenvalue weighted by Crippen LogP contribution is 2.01. The maximum Gasteiger partial charge on any atom is 0.145 e. The van der Waals surface area contributed by atoms with Crippen molar-refractivity contribution in [2.24, 2.45) is 5.92 Å². The van der Waals surface area contributed by atoms with Crippen LogP contribution in [-0.4, -0.2) is 6.29 Å². The predicted molar refractivity (Wildman–Crippen MR) is 66.7 cm³/mol. The summed E-state index contributed by atoms with van der Waals surface area (Å²) in [5.41, 5.74) is 2.03. The van der Waals surface area contributed by atoms with Gasteiger partial charge < -0.3 is 0 Å². The van der Waals surface area contributed by atoms with Gasteiger partial charge in [-0.2, -0.15) is 0 Å². The van der Waals surface area contributed by atoms with E-state index >= 15 is 0 Å². The van der Waals surface area contributed by atoms with Crippen LogP contribution in [0.4, 0.5) is 0 Å². The van der Waals surface area contributed by atoms with E-state index in [0.29, 0.717) is 5.92 Å². The van der Waals surface area contributed by atoms with E-state index < -0.39 is 0 Å². The summed E-state index contributed by atoms with van der Waals surface area (Å²) in [7, 11) is 0. The molecule has 0 aromatic heterocycles. The third-order valence-electron chi connectivity index (χ3n) is 1.80. The number of carbonyl (C=O) groups is 1. The van der Waals surface area contributed by atoms with Gasteiger partial charge in [-0.1, -0.05) is 49.0 Å². The molecule has 0 aliphatic heterocycles. The zero-order valence-corrected chi connectivity index (χ0v) is 10.0. The first-order valence-corrected chi connectivity index (χ1v) is 5.18. The SMILES string of the molecule is CC(C)=C/C=C\C(C)/C=C/C=C(\C)C=O. The molecular formula is C14H20O. The fraction of sp³-hybridized carbons (Fsp3) is 0.357. The van der Waals surface area contributed by atoms with Gasteiger partial charge in [0.25, 0.3) is 0 Å². The molecule has 82 valence electrons. The lowest BCUT2D eigenvalue weighted by Gasteiger charge is -1.95. The number of hydrogen-bond acceptors (Lipinski definition) is 1. The summed E-state index contributed by atoms with van der Waals surface area (Å²) in [5.74, 6) is 0.385. The largest absolute Gasteiger partial charge is 0.298 e. The molecular weight excluding hydrogens is 184 g/mol. The fourth-order valence-corrected chi connectivity index (χ4v) is 0.909. The Bertz CT molecular complexity index is 299. The van der Waals surface area contributed by atoms with Crippen LogP contribution in [0.1, 0.15) is 27.7 Å². The van der Waals surface area contributed by atoms with Crippen molar-refractivity contribution in [2.45, 2.75) is 27.7 Å². The lowest BCUT2D eigenvalue weighted by atomic mass is 10.1. The van der Waals surface area contributed by atoms with Crippen LogP contribution in [-0.2, 0) is 4.79 Å².